The molecule has 1 heterocycles. The molecular weight excluding hydrogens is 240 g/mol. The lowest BCUT2D eigenvalue weighted by Gasteiger charge is -2.03. The molecule has 1 aliphatic carbocycles. The Bertz CT molecular complexity index is 739. The van der Waals surface area contributed by atoms with Gasteiger partial charge in [0.15, 0.2) is 0 Å². The Morgan fingerprint density at radius 2 is 2.16 bits per heavy atom. The largest absolute Gasteiger partial charge is 0.870 e. The molecule has 1 aromatic carbocycles. The molecule has 1 saturated carbocycles. The van der Waals surface area contributed by atoms with Gasteiger partial charge >= 0.3 is 0 Å². The van der Waals surface area contributed by atoms with Crippen LogP contribution in [0, 0.1) is 0 Å². The molecule has 1 N–H and O–H groups in total. The summed E-state index contributed by atoms with van der Waals surface area (Å²) in [6.45, 7) is 3.93. The number of fused-ring (bicyclic) bond motifs is 1. The first-order valence-electron chi connectivity index (χ1n) is 6.55. The molecule has 1 aliphatic rings. The van der Waals surface area contributed by atoms with Gasteiger partial charge in [0.05, 0.1) is 11.0 Å². The van der Waals surface area contributed by atoms with Gasteiger partial charge in [-0.1, -0.05) is 37.3 Å². The number of hydrogen-bond acceptors (Lipinski definition) is 3. The van der Waals surface area contributed by atoms with E-state index in [4.69, 9.17) is 0 Å². The number of carbonyl (C=O) groups excluding carboxylic acids is 1. The maximum absolute atomic E-state index is 11.6. The number of H-pyrrole nitrogens is 1. The lowest BCUT2D eigenvalue weighted by atomic mass is 10.1. The minimum absolute atomic E-state index is 0.341. The fourth-order valence-corrected chi connectivity index (χ4v) is 2.83. The predicted molar refractivity (Wildman–Crippen MR) is 71.5 cm³/mol. The number of aromatic nitrogens is 2. The first kappa shape index (κ1) is 12.0. The molecule has 19 heavy (non-hydrogen) atoms. The molecule has 4 nitrogen and oxygen atoms in total. The van der Waals surface area contributed by atoms with Gasteiger partial charge in [-0.2, -0.15) is 0 Å². The molecule has 0 amide bonds. The van der Waals surface area contributed by atoms with Crippen molar-refractivity contribution in [2.45, 2.75) is 31.6 Å². The van der Waals surface area contributed by atoms with Crippen molar-refractivity contribution in [3.05, 3.63) is 28.4 Å². The molecule has 0 bridgehead atoms. The molecule has 0 aliphatic heterocycles. The Kier molecular flexibility index (Phi) is 2.85. The third-order valence-electron chi connectivity index (χ3n) is 3.86. The number of imidazole rings is 1. The van der Waals surface area contributed by atoms with Crippen LogP contribution >= 0.6 is 0 Å². The van der Waals surface area contributed by atoms with Crippen LogP contribution in [0.15, 0.2) is 12.1 Å². The minimum Gasteiger partial charge on any atom is -0.870 e. The Morgan fingerprint density at radius 1 is 1.42 bits per heavy atom. The Balaban J connectivity index is 2.29. The van der Waals surface area contributed by atoms with Gasteiger partial charge in [-0.3, -0.25) is 4.79 Å². The number of hydrogen-bond donors (Lipinski definition) is 1. The molecule has 0 unspecified atom stereocenters. The zero-order valence-corrected chi connectivity index (χ0v) is 10.6. The molecule has 0 atom stereocenters. The minimum atomic E-state index is -0.522. The normalized spacial score (nSPS) is 17.9. The number of carbonyl (C=O) groups is 1. The van der Waals surface area contributed by atoms with Gasteiger partial charge in [0.25, 0.3) is 0 Å². The highest BCUT2D eigenvalue weighted by atomic mass is 16.3. The van der Waals surface area contributed by atoms with Crippen LogP contribution in [0.1, 0.15) is 37.4 Å². The zero-order valence-electron chi connectivity index (χ0n) is 10.6. The Hall–Kier alpha value is -2.10. The van der Waals surface area contributed by atoms with Crippen LogP contribution in [0.5, 0.6) is 0 Å². The lowest BCUT2D eigenvalue weighted by molar-refractivity contribution is -0.246. The van der Waals surface area contributed by atoms with Gasteiger partial charge in [-0.15, -0.1) is 0 Å². The Labute approximate surface area is 110 Å². The van der Waals surface area contributed by atoms with Gasteiger partial charge in [-0.25, -0.2) is 4.98 Å². The Morgan fingerprint density at radius 3 is 2.84 bits per heavy atom. The second-order valence-electron chi connectivity index (χ2n) is 5.08. The first-order valence-corrected chi connectivity index (χ1v) is 6.55. The van der Waals surface area contributed by atoms with Crippen LogP contribution in [0.3, 0.4) is 0 Å². The van der Waals surface area contributed by atoms with Gasteiger partial charge < -0.3 is 10.1 Å². The first-order chi connectivity index (χ1) is 9.20. The monoisotopic (exact) mass is 255 g/mol. The molecule has 1 fully saturated rings. The van der Waals surface area contributed by atoms with Crippen molar-refractivity contribution in [2.24, 2.45) is 0 Å². The van der Waals surface area contributed by atoms with Crippen molar-refractivity contribution in [3.63, 3.8) is 0 Å². The predicted octanol–water partition coefficient (Wildman–Crippen LogP) is 0.298. The number of benzene rings is 1. The van der Waals surface area contributed by atoms with Crippen molar-refractivity contribution < 1.29 is 9.90 Å². The molecule has 2 aromatic rings. The van der Waals surface area contributed by atoms with Crippen LogP contribution in [0.25, 0.3) is 23.4 Å². The van der Waals surface area contributed by atoms with Crippen LogP contribution in [0.2, 0.25) is 0 Å². The van der Waals surface area contributed by atoms with Crippen LogP contribution < -0.4 is 15.5 Å². The van der Waals surface area contributed by atoms with Gasteiger partial charge in [0, 0.05) is 5.92 Å². The van der Waals surface area contributed by atoms with Crippen molar-refractivity contribution >= 4 is 29.7 Å². The molecule has 0 radical (unpaired) electrons. The van der Waals surface area contributed by atoms with Crippen molar-refractivity contribution in [1.82, 2.24) is 9.97 Å². The maximum Gasteiger partial charge on any atom is 0.135 e. The van der Waals surface area contributed by atoms with Gasteiger partial charge in [0.1, 0.15) is 12.1 Å². The summed E-state index contributed by atoms with van der Waals surface area (Å²) in [4.78, 5) is 18.5. The summed E-state index contributed by atoms with van der Waals surface area (Å²) < 4.78 is 0. The topological polar surface area (TPSA) is 68.8 Å². The van der Waals surface area contributed by atoms with E-state index in [1.165, 1.54) is 12.8 Å². The van der Waals surface area contributed by atoms with E-state index in [1.54, 1.807) is 12.1 Å². The average molecular weight is 255 g/mol. The maximum atomic E-state index is 11.6. The average Bonchev–Trinajstić information content (AvgIpc) is 3.07. The van der Waals surface area contributed by atoms with E-state index in [0.717, 1.165) is 23.9 Å². The number of nitrogens with zero attached hydrogens (tertiary/aromatic N) is 1. The highest BCUT2D eigenvalue weighted by Crippen LogP contribution is 2.32. The van der Waals surface area contributed by atoms with Crippen molar-refractivity contribution in [3.8, 4) is 0 Å². The highest BCUT2D eigenvalue weighted by molar-refractivity contribution is 5.95. The van der Waals surface area contributed by atoms with E-state index in [2.05, 4.69) is 16.5 Å². The van der Waals surface area contributed by atoms with E-state index in [-0.39, 0.29) is 0 Å². The second kappa shape index (κ2) is 4.53. The van der Waals surface area contributed by atoms with Gasteiger partial charge in [0.2, 0.25) is 0 Å². The summed E-state index contributed by atoms with van der Waals surface area (Å²) in [5.41, 5.74) is 1.35. The molecule has 0 spiro atoms. The van der Waals surface area contributed by atoms with E-state index in [9.17, 15) is 9.90 Å². The van der Waals surface area contributed by atoms with E-state index < -0.39 is 5.76 Å². The fourth-order valence-electron chi connectivity index (χ4n) is 2.83. The molecule has 3 rings (SSSR count). The zero-order chi connectivity index (χ0) is 13.4. The molecular formula is C15H15N2O2-. The summed E-state index contributed by atoms with van der Waals surface area (Å²) in [6.07, 6.45) is 5.04. The summed E-state index contributed by atoms with van der Waals surface area (Å²) in [7, 11) is 0. The summed E-state index contributed by atoms with van der Waals surface area (Å²) in [5.74, 6) is 0.834. The van der Waals surface area contributed by atoms with Crippen LogP contribution in [-0.2, 0) is 4.79 Å². The molecule has 4 heteroatoms. The molecule has 0 saturated heterocycles. The summed E-state index contributed by atoms with van der Waals surface area (Å²) >= 11 is 0. The SMILES string of the molecule is C=c1ccc(=C([O-])C=O)c2[nH]c(C3CCCC3)nc12. The quantitative estimate of drug-likeness (QED) is 0.785. The number of aldehydes is 1. The smallest absolute Gasteiger partial charge is 0.135 e. The number of rotatable bonds is 2. The fraction of sp³-hybridized carbons (Fsp3) is 0.333. The molecule has 1 aromatic heterocycles. The van der Waals surface area contributed by atoms with Crippen LogP contribution in [-0.4, -0.2) is 16.3 Å². The van der Waals surface area contributed by atoms with E-state index in [1.807, 2.05) is 0 Å². The number of nitrogens with one attached hydrogen (secondary N) is 1. The van der Waals surface area contributed by atoms with Crippen LogP contribution in [0.4, 0.5) is 0 Å². The van der Waals surface area contributed by atoms with E-state index in [0.29, 0.717) is 28.5 Å². The third kappa shape index (κ3) is 1.93. The lowest BCUT2D eigenvalue weighted by Crippen LogP contribution is -2.20. The highest BCUT2D eigenvalue weighted by Gasteiger charge is 2.20. The summed E-state index contributed by atoms with van der Waals surface area (Å²) in [5, 5.41) is 12.8. The van der Waals surface area contributed by atoms with Crippen molar-refractivity contribution in [2.75, 3.05) is 0 Å². The third-order valence-corrected chi connectivity index (χ3v) is 3.86. The standard InChI is InChI=1S/C15H16N2O2/c1-9-6-7-11(12(19)8-18)14-13(9)16-15(17-14)10-4-2-3-5-10/h6-8,10,19H,1-5H2,(H,16,17)/p-1. The van der Waals surface area contributed by atoms with Crippen molar-refractivity contribution in [1.29, 1.82) is 0 Å². The summed E-state index contributed by atoms with van der Waals surface area (Å²) in [6, 6.07) is 3.37. The number of aromatic amines is 1. The molecule has 98 valence electrons. The van der Waals surface area contributed by atoms with E-state index >= 15 is 0 Å². The second-order valence-corrected chi connectivity index (χ2v) is 5.08. The van der Waals surface area contributed by atoms with Gasteiger partial charge in [-0.05, 0) is 23.3 Å².